The summed E-state index contributed by atoms with van der Waals surface area (Å²) in [5.74, 6) is 0.290. The van der Waals surface area contributed by atoms with Gasteiger partial charge in [0.1, 0.15) is 5.52 Å². The number of nitrogens with zero attached hydrogens (tertiary/aromatic N) is 2. The van der Waals surface area contributed by atoms with Gasteiger partial charge in [0.05, 0.1) is 0 Å². The number of nitrogens with one attached hydrogen (secondary N) is 2. The number of amides is 1. The Morgan fingerprint density at radius 3 is 2.54 bits per heavy atom. The molecule has 1 amide bonds. The molecule has 1 saturated heterocycles. The van der Waals surface area contributed by atoms with E-state index >= 15 is 0 Å². The van der Waals surface area contributed by atoms with Gasteiger partial charge in [-0.1, -0.05) is 37.8 Å². The zero-order chi connectivity index (χ0) is 19.2. The van der Waals surface area contributed by atoms with E-state index in [4.69, 9.17) is 4.42 Å². The number of anilines is 1. The Balaban J connectivity index is 1.17. The Morgan fingerprint density at radius 2 is 1.79 bits per heavy atom. The van der Waals surface area contributed by atoms with Gasteiger partial charge in [-0.3, -0.25) is 4.79 Å². The van der Waals surface area contributed by atoms with Crippen LogP contribution in [0.3, 0.4) is 0 Å². The molecular formula is C22H32N4O2. The van der Waals surface area contributed by atoms with Crippen LogP contribution in [0.5, 0.6) is 0 Å². The average Bonchev–Trinajstić information content (AvgIpc) is 3.00. The molecular weight excluding hydrogens is 352 g/mol. The van der Waals surface area contributed by atoms with Gasteiger partial charge in [0.15, 0.2) is 5.58 Å². The molecule has 1 aliphatic heterocycles. The second-order valence-electron chi connectivity index (χ2n) is 8.16. The van der Waals surface area contributed by atoms with Gasteiger partial charge in [0.2, 0.25) is 5.91 Å². The van der Waals surface area contributed by atoms with Gasteiger partial charge in [0.25, 0.3) is 6.01 Å². The Morgan fingerprint density at radius 1 is 1.04 bits per heavy atom. The molecule has 28 heavy (non-hydrogen) atoms. The predicted molar refractivity (Wildman–Crippen MR) is 111 cm³/mol. The van der Waals surface area contributed by atoms with Gasteiger partial charge in [-0.2, -0.15) is 4.98 Å². The number of carbonyl (C=O) groups excluding carboxylic acids is 1. The van der Waals surface area contributed by atoms with Crippen molar-refractivity contribution in [2.75, 3.05) is 31.1 Å². The fraction of sp³-hybridized carbons (Fsp3) is 0.636. The smallest absolute Gasteiger partial charge is 0.298 e. The second-order valence-corrected chi connectivity index (χ2v) is 8.16. The summed E-state index contributed by atoms with van der Waals surface area (Å²) < 4.78 is 5.86. The zero-order valence-electron chi connectivity index (χ0n) is 16.7. The third kappa shape index (κ3) is 4.85. The third-order valence-electron chi connectivity index (χ3n) is 6.13. The highest BCUT2D eigenvalue weighted by Crippen LogP contribution is 2.26. The van der Waals surface area contributed by atoms with Crippen molar-refractivity contribution in [1.82, 2.24) is 15.6 Å². The summed E-state index contributed by atoms with van der Waals surface area (Å²) in [4.78, 5) is 19.2. The minimum atomic E-state index is 0.0958. The molecule has 2 fully saturated rings. The van der Waals surface area contributed by atoms with Crippen LogP contribution in [0.25, 0.3) is 11.1 Å². The summed E-state index contributed by atoms with van der Waals surface area (Å²) in [5.41, 5.74) is 1.71. The topological polar surface area (TPSA) is 70.4 Å². The molecule has 2 aliphatic rings. The molecule has 1 aromatic heterocycles. The number of fused-ring (bicyclic) bond motifs is 1. The molecule has 6 heteroatoms. The van der Waals surface area contributed by atoms with Gasteiger partial charge < -0.3 is 20.0 Å². The number of hydrogen-bond acceptors (Lipinski definition) is 5. The summed E-state index contributed by atoms with van der Waals surface area (Å²) in [6.07, 6.45) is 9.67. The first-order valence-corrected chi connectivity index (χ1v) is 10.9. The number of rotatable bonds is 6. The summed E-state index contributed by atoms with van der Waals surface area (Å²) in [6.45, 7) is 3.22. The van der Waals surface area contributed by atoms with Crippen LogP contribution >= 0.6 is 0 Å². The SMILES string of the molecule is O=C(NCCNC1CCCCCC1)C1CCN(c2nc3ccccc3o2)CC1. The van der Waals surface area contributed by atoms with Crippen molar-refractivity contribution in [1.29, 1.82) is 0 Å². The van der Waals surface area contributed by atoms with Crippen LogP contribution in [0, 0.1) is 5.92 Å². The molecule has 0 atom stereocenters. The Labute approximate surface area is 167 Å². The van der Waals surface area contributed by atoms with Crippen LogP contribution in [0.2, 0.25) is 0 Å². The molecule has 1 aromatic carbocycles. The molecule has 152 valence electrons. The van der Waals surface area contributed by atoms with Crippen LogP contribution in [0.1, 0.15) is 51.4 Å². The van der Waals surface area contributed by atoms with Crippen molar-refractivity contribution in [3.8, 4) is 0 Å². The fourth-order valence-electron chi connectivity index (χ4n) is 4.42. The van der Waals surface area contributed by atoms with E-state index in [1.54, 1.807) is 0 Å². The standard InChI is InChI=1S/C22H32N4O2/c27-21(24-14-13-23-18-7-3-1-2-4-8-18)17-11-15-26(16-12-17)22-25-19-9-5-6-10-20(19)28-22/h5-6,9-10,17-18,23H,1-4,7-8,11-16H2,(H,24,27). The molecule has 2 N–H and O–H groups in total. The van der Waals surface area contributed by atoms with E-state index in [1.807, 2.05) is 24.3 Å². The van der Waals surface area contributed by atoms with Crippen LogP contribution in [-0.4, -0.2) is 43.1 Å². The van der Waals surface area contributed by atoms with E-state index in [9.17, 15) is 4.79 Å². The molecule has 2 aromatic rings. The number of carbonyl (C=O) groups is 1. The first kappa shape index (κ1) is 19.2. The van der Waals surface area contributed by atoms with Gasteiger partial charge in [-0.05, 0) is 37.8 Å². The first-order valence-electron chi connectivity index (χ1n) is 10.9. The molecule has 0 bridgehead atoms. The zero-order valence-corrected chi connectivity index (χ0v) is 16.7. The minimum absolute atomic E-state index is 0.0958. The maximum Gasteiger partial charge on any atom is 0.298 e. The van der Waals surface area contributed by atoms with E-state index in [1.165, 1.54) is 38.5 Å². The van der Waals surface area contributed by atoms with Crippen LogP contribution in [0.4, 0.5) is 6.01 Å². The number of hydrogen-bond donors (Lipinski definition) is 2. The van der Waals surface area contributed by atoms with E-state index < -0.39 is 0 Å². The third-order valence-corrected chi connectivity index (χ3v) is 6.13. The van der Waals surface area contributed by atoms with Crippen molar-refractivity contribution in [2.45, 2.75) is 57.4 Å². The van der Waals surface area contributed by atoms with E-state index in [2.05, 4.69) is 20.5 Å². The van der Waals surface area contributed by atoms with Crippen molar-refractivity contribution in [3.05, 3.63) is 24.3 Å². The van der Waals surface area contributed by atoms with Crippen molar-refractivity contribution in [3.63, 3.8) is 0 Å². The number of oxazole rings is 1. The summed E-state index contributed by atoms with van der Waals surface area (Å²) in [5, 5.41) is 6.74. The van der Waals surface area contributed by atoms with Gasteiger partial charge >= 0.3 is 0 Å². The highest BCUT2D eigenvalue weighted by Gasteiger charge is 2.27. The van der Waals surface area contributed by atoms with E-state index in [0.717, 1.165) is 50.1 Å². The summed E-state index contributed by atoms with van der Waals surface area (Å²) in [7, 11) is 0. The molecule has 6 nitrogen and oxygen atoms in total. The van der Waals surface area contributed by atoms with Gasteiger partial charge in [0, 0.05) is 38.1 Å². The normalized spacial score (nSPS) is 19.6. The van der Waals surface area contributed by atoms with Crippen molar-refractivity contribution < 1.29 is 9.21 Å². The fourth-order valence-corrected chi connectivity index (χ4v) is 4.42. The lowest BCUT2D eigenvalue weighted by molar-refractivity contribution is -0.125. The average molecular weight is 385 g/mol. The molecule has 4 rings (SSSR count). The molecule has 1 saturated carbocycles. The lowest BCUT2D eigenvalue weighted by atomic mass is 9.96. The molecule has 2 heterocycles. The monoisotopic (exact) mass is 384 g/mol. The maximum atomic E-state index is 12.5. The van der Waals surface area contributed by atoms with Crippen LogP contribution < -0.4 is 15.5 Å². The van der Waals surface area contributed by atoms with E-state index in [0.29, 0.717) is 12.1 Å². The quantitative estimate of drug-likeness (QED) is 0.589. The van der Waals surface area contributed by atoms with Crippen molar-refractivity contribution in [2.24, 2.45) is 5.92 Å². The predicted octanol–water partition coefficient (Wildman–Crippen LogP) is 3.47. The Hall–Kier alpha value is -2.08. The highest BCUT2D eigenvalue weighted by atomic mass is 16.4. The lowest BCUT2D eigenvalue weighted by Crippen LogP contribution is -2.43. The number of benzene rings is 1. The maximum absolute atomic E-state index is 12.5. The van der Waals surface area contributed by atoms with Crippen LogP contribution in [0.15, 0.2) is 28.7 Å². The number of para-hydroxylation sites is 2. The molecule has 0 radical (unpaired) electrons. The highest BCUT2D eigenvalue weighted by molar-refractivity contribution is 5.79. The summed E-state index contributed by atoms with van der Waals surface area (Å²) in [6, 6.07) is 9.14. The first-order chi connectivity index (χ1) is 13.8. The lowest BCUT2D eigenvalue weighted by Gasteiger charge is -2.30. The van der Waals surface area contributed by atoms with Gasteiger partial charge in [-0.25, -0.2) is 0 Å². The van der Waals surface area contributed by atoms with Crippen LogP contribution in [-0.2, 0) is 4.79 Å². The second kappa shape index (κ2) is 9.41. The van der Waals surface area contributed by atoms with Crippen molar-refractivity contribution >= 4 is 23.0 Å². The Kier molecular flexibility index (Phi) is 6.47. The number of aromatic nitrogens is 1. The van der Waals surface area contributed by atoms with Gasteiger partial charge in [-0.15, -0.1) is 0 Å². The molecule has 1 aliphatic carbocycles. The van der Waals surface area contributed by atoms with E-state index in [-0.39, 0.29) is 11.8 Å². The largest absolute Gasteiger partial charge is 0.423 e. The summed E-state index contributed by atoms with van der Waals surface area (Å²) >= 11 is 0. The Bertz CT molecular complexity index is 726. The minimum Gasteiger partial charge on any atom is -0.423 e. The molecule has 0 unspecified atom stereocenters. The molecule has 0 spiro atoms. The number of piperidine rings is 1.